The maximum atomic E-state index is 13.8. The Labute approximate surface area is 308 Å². The summed E-state index contributed by atoms with van der Waals surface area (Å²) in [5.41, 5.74) is 5.76. The lowest BCUT2D eigenvalue weighted by atomic mass is 10.0. The van der Waals surface area contributed by atoms with Crippen LogP contribution in [-0.4, -0.2) is 144 Å². The molecule has 22 nitrogen and oxygen atoms in total. The number of benzene rings is 1. The van der Waals surface area contributed by atoms with Gasteiger partial charge in [-0.25, -0.2) is 36.8 Å². The van der Waals surface area contributed by atoms with Crippen LogP contribution in [0.25, 0.3) is 0 Å². The van der Waals surface area contributed by atoms with Crippen LogP contribution in [0.1, 0.15) is 11.6 Å². The first-order valence-corrected chi connectivity index (χ1v) is 19.1. The molecular weight excluding hydrogens is 765 g/mol. The van der Waals surface area contributed by atoms with Crippen molar-refractivity contribution in [1.82, 2.24) is 39.5 Å². The van der Waals surface area contributed by atoms with Gasteiger partial charge in [-0.15, -0.1) is 22.0 Å². The Bertz CT molecular complexity index is 1990. The summed E-state index contributed by atoms with van der Waals surface area (Å²) >= 11 is 2.45. The number of hydrogen-bond donors (Lipinski definition) is 6. The Morgan fingerprint density at radius 2 is 1.83 bits per heavy atom. The Balaban J connectivity index is 1.33. The molecule has 3 aliphatic heterocycles. The number of carbonyl (C=O) groups excluding carboxylic acids is 5. The van der Waals surface area contributed by atoms with Crippen molar-refractivity contribution < 1.29 is 56.9 Å². The molecule has 0 unspecified atom stereocenters. The van der Waals surface area contributed by atoms with Crippen LogP contribution in [0.3, 0.4) is 0 Å². The highest BCUT2D eigenvalue weighted by molar-refractivity contribution is 8.01. The number of carbonyl (C=O) groups is 7. The molecule has 4 heterocycles. The van der Waals surface area contributed by atoms with Crippen molar-refractivity contribution in [1.29, 1.82) is 0 Å². The number of nitrogens with two attached hydrogens (primary N) is 1. The molecule has 2 saturated heterocycles. The number of aliphatic carboxylic acids is 2. The molecule has 0 saturated carbocycles. The molecule has 3 aliphatic rings. The van der Waals surface area contributed by atoms with Crippen LogP contribution in [-0.2, 0) is 41.0 Å². The number of aromatic nitrogens is 3. The fourth-order valence-electron chi connectivity index (χ4n) is 5.25. The minimum absolute atomic E-state index is 0.0865. The number of thioether (sulfide) groups is 2. The van der Waals surface area contributed by atoms with Crippen molar-refractivity contribution in [2.24, 2.45) is 12.8 Å². The normalized spacial score (nSPS) is 19.6. The van der Waals surface area contributed by atoms with Gasteiger partial charge in [-0.3, -0.25) is 24.6 Å². The molecule has 0 bridgehead atoms. The summed E-state index contributed by atoms with van der Waals surface area (Å²) in [7, 11) is -2.28. The van der Waals surface area contributed by atoms with E-state index in [4.69, 9.17) is 15.6 Å². The number of ether oxygens (including phenoxy) is 1. The number of anilines is 1. The molecule has 1 aromatic heterocycles. The third-order valence-corrected chi connectivity index (χ3v) is 11.5. The van der Waals surface area contributed by atoms with E-state index in [2.05, 4.69) is 26.1 Å². The summed E-state index contributed by atoms with van der Waals surface area (Å²) in [4.78, 5) is 90.2. The molecule has 0 spiro atoms. The molecule has 7 amide bonds. The lowest BCUT2D eigenvalue weighted by molar-refractivity contribution is -0.151. The highest BCUT2D eigenvalue weighted by Crippen LogP contribution is 2.41. The smallest absolute Gasteiger partial charge is 0.411 e. The van der Waals surface area contributed by atoms with Crippen molar-refractivity contribution in [2.75, 3.05) is 42.8 Å². The van der Waals surface area contributed by atoms with Crippen LogP contribution < -0.4 is 21.7 Å². The summed E-state index contributed by atoms with van der Waals surface area (Å²) in [5.74, 6) is -3.97. The quantitative estimate of drug-likeness (QED) is 0.102. The highest BCUT2D eigenvalue weighted by atomic mass is 32.2. The lowest BCUT2D eigenvalue weighted by Crippen LogP contribution is -2.71. The van der Waals surface area contributed by atoms with Crippen molar-refractivity contribution in [3.63, 3.8) is 0 Å². The fraction of sp³-hybridized carbons (Fsp3) is 0.393. The second-order valence-corrected chi connectivity index (χ2v) is 15.6. The van der Waals surface area contributed by atoms with Gasteiger partial charge in [0, 0.05) is 24.2 Å². The van der Waals surface area contributed by atoms with Crippen molar-refractivity contribution in [3.05, 3.63) is 47.4 Å². The van der Waals surface area contributed by atoms with Crippen LogP contribution in [0, 0.1) is 0 Å². The molecular formula is C28H32N10O12S3. The molecule has 53 heavy (non-hydrogen) atoms. The van der Waals surface area contributed by atoms with E-state index in [1.807, 2.05) is 0 Å². The molecule has 25 heteroatoms. The number of carboxylic acids is 2. The largest absolute Gasteiger partial charge is 0.480 e. The number of nitrogens with one attached hydrogen (secondary N) is 3. The van der Waals surface area contributed by atoms with Gasteiger partial charge in [0.15, 0.2) is 5.16 Å². The Morgan fingerprint density at radius 3 is 2.42 bits per heavy atom. The maximum Gasteiger partial charge on any atom is 0.411 e. The SMILES string of the molecule is Cn1cnnc1SCC1=C(C(=O)O)N2C(=O)[C@@H](NC(=O)[C@H](NC(=O)N3CCN(S(C)(=O)=O)C3=O)c3ccc(NC(=O)OC[C@@H](N)C(=O)O)cc3)[C@@H]2SC1. The summed E-state index contributed by atoms with van der Waals surface area (Å²) in [6, 6.07) is -1.29. The van der Waals surface area contributed by atoms with Gasteiger partial charge in [-0.2, -0.15) is 0 Å². The molecule has 7 N–H and O–H groups in total. The first-order chi connectivity index (χ1) is 25.0. The second-order valence-electron chi connectivity index (χ2n) is 11.6. The maximum absolute atomic E-state index is 13.8. The van der Waals surface area contributed by atoms with Crippen molar-refractivity contribution in [3.8, 4) is 0 Å². The molecule has 4 atom stereocenters. The number of β-lactam (4-membered cyclic amide) rings is 1. The van der Waals surface area contributed by atoms with Gasteiger partial charge >= 0.3 is 30.1 Å². The summed E-state index contributed by atoms with van der Waals surface area (Å²) in [6.45, 7) is -1.26. The lowest BCUT2D eigenvalue weighted by Gasteiger charge is -2.49. The van der Waals surface area contributed by atoms with Gasteiger partial charge in [0.25, 0.3) is 5.91 Å². The number of rotatable bonds is 13. The molecule has 284 valence electrons. The summed E-state index contributed by atoms with van der Waals surface area (Å²) < 4.78 is 30.9. The number of aryl methyl sites for hydroxylation is 1. The van der Waals surface area contributed by atoms with Crippen LogP contribution in [0.5, 0.6) is 0 Å². The van der Waals surface area contributed by atoms with Crippen LogP contribution >= 0.6 is 23.5 Å². The molecule has 0 aliphatic carbocycles. The first kappa shape index (κ1) is 38.8. The van der Waals surface area contributed by atoms with Crippen LogP contribution in [0.15, 0.2) is 47.0 Å². The van der Waals surface area contributed by atoms with Gasteiger partial charge in [0.05, 0.1) is 19.3 Å². The number of urea groups is 2. The predicted octanol–water partition coefficient (Wildman–Crippen LogP) is -1.25. The minimum Gasteiger partial charge on any atom is -0.480 e. The monoisotopic (exact) mass is 796 g/mol. The third kappa shape index (κ3) is 8.47. The molecule has 2 aromatic rings. The van der Waals surface area contributed by atoms with E-state index < -0.39 is 82.0 Å². The summed E-state index contributed by atoms with van der Waals surface area (Å²) in [5, 5.41) is 33.6. The zero-order valence-corrected chi connectivity index (χ0v) is 30.1. The average Bonchev–Trinajstić information content (AvgIpc) is 3.71. The second kappa shape index (κ2) is 15.7. The molecule has 0 radical (unpaired) electrons. The number of imide groups is 1. The third-order valence-electron chi connectivity index (χ3n) is 7.94. The van der Waals surface area contributed by atoms with Gasteiger partial charge in [0.1, 0.15) is 42.1 Å². The zero-order chi connectivity index (χ0) is 38.8. The topological polar surface area (TPSA) is 306 Å². The van der Waals surface area contributed by atoms with E-state index in [1.165, 1.54) is 54.1 Å². The van der Waals surface area contributed by atoms with Gasteiger partial charge in [-0.05, 0) is 23.3 Å². The first-order valence-electron chi connectivity index (χ1n) is 15.3. The number of nitrogens with zero attached hydrogens (tertiary/aromatic N) is 6. The minimum atomic E-state index is -4.00. The molecule has 2 fully saturated rings. The van der Waals surface area contributed by atoms with E-state index in [0.717, 1.165) is 11.2 Å². The van der Waals surface area contributed by atoms with Crippen molar-refractivity contribution >= 4 is 81.1 Å². The average molecular weight is 797 g/mol. The standard InChI is InChI=1S/C28H32N10O12S3/c1-35-12-30-34-26(35)52-11-14-10-51-22-18(21(40)38(22)19(14)24(43)44)32-20(39)17(33-25(45)36-7-8-37(28(36)47)53(2,48)49)13-3-5-15(6-4-13)31-27(46)50-9-16(29)23(41)42/h3-6,12,16-18,22H,7-11,29H2,1-2H3,(H,31,46)(H,32,39)(H,33,45)(H,41,42)(H,43,44)/t16-,17-,18-,22+/m1/s1. The fourth-order valence-corrected chi connectivity index (χ4v) is 8.42. The van der Waals surface area contributed by atoms with Crippen LogP contribution in [0.2, 0.25) is 0 Å². The number of amides is 7. The van der Waals surface area contributed by atoms with Gasteiger partial charge in [0.2, 0.25) is 15.9 Å². The van der Waals surface area contributed by atoms with Gasteiger partial charge in [-0.1, -0.05) is 23.9 Å². The van der Waals surface area contributed by atoms with Gasteiger partial charge < -0.3 is 35.9 Å². The van der Waals surface area contributed by atoms with E-state index in [9.17, 15) is 47.1 Å². The van der Waals surface area contributed by atoms with E-state index >= 15 is 0 Å². The predicted molar refractivity (Wildman–Crippen MR) is 183 cm³/mol. The number of hydrogen-bond acceptors (Lipinski definition) is 15. The van der Waals surface area contributed by atoms with E-state index in [0.29, 0.717) is 19.9 Å². The van der Waals surface area contributed by atoms with Crippen molar-refractivity contribution in [2.45, 2.75) is 28.7 Å². The number of sulfonamides is 1. The molecule has 5 rings (SSSR count). The number of fused-ring (bicyclic) bond motifs is 1. The Morgan fingerprint density at radius 1 is 1.13 bits per heavy atom. The Kier molecular flexibility index (Phi) is 11.5. The summed E-state index contributed by atoms with van der Waals surface area (Å²) in [6.07, 6.45) is 1.24. The Hall–Kier alpha value is -5.40. The zero-order valence-electron chi connectivity index (χ0n) is 27.7. The number of carboxylic acid groups (broad SMARTS) is 2. The molecule has 1 aromatic carbocycles. The highest BCUT2D eigenvalue weighted by Gasteiger charge is 2.54. The van der Waals surface area contributed by atoms with E-state index in [1.54, 1.807) is 11.6 Å². The van der Waals surface area contributed by atoms with E-state index in [-0.39, 0.29) is 41.5 Å². The van der Waals surface area contributed by atoms with Crippen LogP contribution in [0.4, 0.5) is 20.1 Å².